The summed E-state index contributed by atoms with van der Waals surface area (Å²) in [5, 5.41) is 0. The molecule has 0 saturated carbocycles. The van der Waals surface area contributed by atoms with Crippen molar-refractivity contribution in [3.63, 3.8) is 0 Å². The number of halogens is 3. The number of rotatable bonds is 9. The molecule has 0 N–H and O–H groups in total. The Labute approximate surface area is 145 Å². The molecule has 1 aromatic rings. The molecule has 1 rings (SSSR count). The maximum Gasteiger partial charge on any atom is 0.307 e. The summed E-state index contributed by atoms with van der Waals surface area (Å²) < 4.78 is 45.1. The van der Waals surface area contributed by atoms with Crippen LogP contribution in [0.1, 0.15) is 30.1 Å². The first-order chi connectivity index (χ1) is 11.8. The number of amides is 1. The number of benzene rings is 1. The molecule has 0 saturated heterocycles. The summed E-state index contributed by atoms with van der Waals surface area (Å²) in [4.78, 5) is 27.2. The van der Waals surface area contributed by atoms with E-state index in [1.807, 2.05) is 19.0 Å². The van der Waals surface area contributed by atoms with Gasteiger partial charge in [-0.2, -0.15) is 0 Å². The topological polar surface area (TPSA) is 49.9 Å². The van der Waals surface area contributed by atoms with Gasteiger partial charge in [-0.15, -0.1) is 0 Å². The average molecular weight is 360 g/mol. The Morgan fingerprint density at radius 3 is 2.32 bits per heavy atom. The molecule has 0 unspecified atom stereocenters. The molecule has 0 aliphatic rings. The minimum absolute atomic E-state index is 0.00350. The number of hydrogen-bond donors (Lipinski definition) is 0. The molecule has 0 heterocycles. The van der Waals surface area contributed by atoms with E-state index in [9.17, 15) is 22.8 Å². The highest BCUT2D eigenvalue weighted by molar-refractivity contribution is 5.94. The first kappa shape index (κ1) is 21.0. The van der Waals surface area contributed by atoms with Crippen molar-refractivity contribution in [2.24, 2.45) is 0 Å². The van der Waals surface area contributed by atoms with Crippen molar-refractivity contribution in [1.29, 1.82) is 0 Å². The third-order valence-electron chi connectivity index (χ3n) is 3.48. The van der Waals surface area contributed by atoms with E-state index in [-0.39, 0.29) is 26.1 Å². The fourth-order valence-electron chi connectivity index (χ4n) is 2.21. The second-order valence-electron chi connectivity index (χ2n) is 5.73. The van der Waals surface area contributed by atoms with E-state index < -0.39 is 34.9 Å². The van der Waals surface area contributed by atoms with Crippen LogP contribution in [-0.4, -0.2) is 62.0 Å². The van der Waals surface area contributed by atoms with E-state index in [1.54, 1.807) is 6.92 Å². The summed E-state index contributed by atoms with van der Waals surface area (Å²) in [6.45, 7) is 2.79. The molecule has 0 aromatic heterocycles. The van der Waals surface area contributed by atoms with E-state index >= 15 is 0 Å². The Hall–Kier alpha value is -2.09. The van der Waals surface area contributed by atoms with Gasteiger partial charge in [-0.3, -0.25) is 9.59 Å². The van der Waals surface area contributed by atoms with Gasteiger partial charge in [0.25, 0.3) is 5.91 Å². The average Bonchev–Trinajstić information content (AvgIpc) is 2.55. The van der Waals surface area contributed by atoms with E-state index in [1.165, 1.54) is 4.90 Å². The highest BCUT2D eigenvalue weighted by atomic mass is 19.2. The number of hydrogen-bond acceptors (Lipinski definition) is 4. The Balaban J connectivity index is 2.90. The SMILES string of the molecule is CCOC(=O)CCN(CCCN(C)C)C(=O)c1ccc(F)c(F)c1F. The van der Waals surface area contributed by atoms with Gasteiger partial charge in [0.1, 0.15) is 0 Å². The molecule has 0 bridgehead atoms. The zero-order valence-electron chi connectivity index (χ0n) is 14.7. The quantitative estimate of drug-likeness (QED) is 0.501. The van der Waals surface area contributed by atoms with Gasteiger partial charge in [0.05, 0.1) is 18.6 Å². The molecule has 140 valence electrons. The highest BCUT2D eigenvalue weighted by Gasteiger charge is 2.23. The second-order valence-corrected chi connectivity index (χ2v) is 5.73. The zero-order valence-corrected chi connectivity index (χ0v) is 14.7. The van der Waals surface area contributed by atoms with E-state index in [4.69, 9.17) is 4.74 Å². The fourth-order valence-corrected chi connectivity index (χ4v) is 2.21. The third kappa shape index (κ3) is 6.38. The van der Waals surface area contributed by atoms with Gasteiger partial charge < -0.3 is 14.5 Å². The minimum atomic E-state index is -1.69. The second kappa shape index (κ2) is 10.0. The molecule has 8 heteroatoms. The summed E-state index contributed by atoms with van der Waals surface area (Å²) in [5.41, 5.74) is -0.562. The lowest BCUT2D eigenvalue weighted by molar-refractivity contribution is -0.143. The lowest BCUT2D eigenvalue weighted by atomic mass is 10.1. The van der Waals surface area contributed by atoms with E-state index in [2.05, 4.69) is 0 Å². The maximum absolute atomic E-state index is 13.9. The number of ether oxygens (including phenoxy) is 1. The number of nitrogens with zero attached hydrogens (tertiary/aromatic N) is 2. The first-order valence-electron chi connectivity index (χ1n) is 8.01. The molecular formula is C17H23F3N2O3. The molecule has 0 radical (unpaired) electrons. The predicted molar refractivity (Wildman–Crippen MR) is 86.6 cm³/mol. The first-order valence-corrected chi connectivity index (χ1v) is 8.01. The Morgan fingerprint density at radius 2 is 1.72 bits per heavy atom. The van der Waals surface area contributed by atoms with Crippen molar-refractivity contribution in [1.82, 2.24) is 9.80 Å². The molecule has 0 atom stereocenters. The zero-order chi connectivity index (χ0) is 19.0. The molecule has 25 heavy (non-hydrogen) atoms. The smallest absolute Gasteiger partial charge is 0.307 e. The molecular weight excluding hydrogens is 337 g/mol. The maximum atomic E-state index is 13.9. The van der Waals surface area contributed by atoms with Crippen LogP contribution in [0.15, 0.2) is 12.1 Å². The molecule has 1 aromatic carbocycles. The summed E-state index contributed by atoms with van der Waals surface area (Å²) in [7, 11) is 3.72. The van der Waals surface area contributed by atoms with Crippen molar-refractivity contribution in [3.8, 4) is 0 Å². The van der Waals surface area contributed by atoms with Crippen molar-refractivity contribution in [3.05, 3.63) is 35.1 Å². The molecule has 0 fully saturated rings. The summed E-state index contributed by atoms with van der Waals surface area (Å²) >= 11 is 0. The van der Waals surface area contributed by atoms with Crippen LogP contribution in [0.4, 0.5) is 13.2 Å². The van der Waals surface area contributed by atoms with E-state index in [0.29, 0.717) is 19.0 Å². The van der Waals surface area contributed by atoms with Gasteiger partial charge in [-0.25, -0.2) is 13.2 Å². The van der Waals surface area contributed by atoms with Crippen molar-refractivity contribution < 1.29 is 27.5 Å². The highest BCUT2D eigenvalue weighted by Crippen LogP contribution is 2.17. The number of esters is 1. The normalized spacial score (nSPS) is 10.8. The van der Waals surface area contributed by atoms with Crippen molar-refractivity contribution in [2.45, 2.75) is 19.8 Å². The van der Waals surface area contributed by atoms with Crippen LogP contribution in [-0.2, 0) is 9.53 Å². The van der Waals surface area contributed by atoms with Crippen LogP contribution in [0.3, 0.4) is 0 Å². The van der Waals surface area contributed by atoms with Gasteiger partial charge >= 0.3 is 5.97 Å². The summed E-state index contributed by atoms with van der Waals surface area (Å²) in [6, 6.07) is 1.61. The number of carbonyl (C=O) groups excluding carboxylic acids is 2. The van der Waals surface area contributed by atoms with Crippen LogP contribution in [0, 0.1) is 17.5 Å². The Bertz CT molecular complexity index is 609. The van der Waals surface area contributed by atoms with Crippen molar-refractivity contribution in [2.75, 3.05) is 40.3 Å². The molecule has 1 amide bonds. The van der Waals surface area contributed by atoms with Crippen LogP contribution in [0.5, 0.6) is 0 Å². The largest absolute Gasteiger partial charge is 0.466 e. The van der Waals surface area contributed by atoms with Gasteiger partial charge in [-0.05, 0) is 46.1 Å². The van der Waals surface area contributed by atoms with Gasteiger partial charge in [0.15, 0.2) is 17.5 Å². The fraction of sp³-hybridized carbons (Fsp3) is 0.529. The van der Waals surface area contributed by atoms with Gasteiger partial charge in [-0.1, -0.05) is 0 Å². The monoisotopic (exact) mass is 360 g/mol. The van der Waals surface area contributed by atoms with Crippen LogP contribution in [0.25, 0.3) is 0 Å². The summed E-state index contributed by atoms with van der Waals surface area (Å²) in [6.07, 6.45) is 0.514. The third-order valence-corrected chi connectivity index (χ3v) is 3.48. The van der Waals surface area contributed by atoms with Gasteiger partial charge in [0.2, 0.25) is 0 Å². The Morgan fingerprint density at radius 1 is 1.04 bits per heavy atom. The Kier molecular flexibility index (Phi) is 8.40. The summed E-state index contributed by atoms with van der Waals surface area (Å²) in [5.74, 6) is -5.86. The lowest BCUT2D eigenvalue weighted by Crippen LogP contribution is -2.36. The van der Waals surface area contributed by atoms with Crippen LogP contribution >= 0.6 is 0 Å². The molecule has 0 spiro atoms. The van der Waals surface area contributed by atoms with E-state index in [0.717, 1.165) is 6.07 Å². The van der Waals surface area contributed by atoms with Crippen molar-refractivity contribution >= 4 is 11.9 Å². The predicted octanol–water partition coefficient (Wildman–Crippen LogP) is 2.45. The molecule has 0 aliphatic carbocycles. The van der Waals surface area contributed by atoms with Gasteiger partial charge in [0, 0.05) is 13.1 Å². The molecule has 0 aliphatic heterocycles. The minimum Gasteiger partial charge on any atom is -0.466 e. The molecule has 5 nitrogen and oxygen atoms in total. The number of carbonyl (C=O) groups is 2. The van der Waals surface area contributed by atoms with Crippen LogP contribution in [0.2, 0.25) is 0 Å². The lowest BCUT2D eigenvalue weighted by Gasteiger charge is -2.23. The van der Waals surface area contributed by atoms with Crippen LogP contribution < -0.4 is 0 Å². The standard InChI is InChI=1S/C17H23F3N2O3/c1-4-25-14(23)8-11-22(10-5-9-21(2)3)17(24)12-6-7-13(18)16(20)15(12)19/h6-7H,4-5,8-11H2,1-3H3.